The number of aromatic nitrogens is 1. The highest BCUT2D eigenvalue weighted by Crippen LogP contribution is 2.45. The van der Waals surface area contributed by atoms with Crippen LogP contribution in [-0.4, -0.2) is 19.4 Å². The first-order chi connectivity index (χ1) is 9.99. The first kappa shape index (κ1) is 14.0. The number of benzene rings is 1. The number of alkyl halides is 3. The molecular weight excluding hydrogens is 282 g/mol. The highest BCUT2D eigenvalue weighted by Gasteiger charge is 2.35. The molecular formula is C14H11BF3NO2. The van der Waals surface area contributed by atoms with Crippen LogP contribution in [0.25, 0.3) is 11.3 Å². The predicted molar refractivity (Wildman–Crippen MR) is 70.1 cm³/mol. The highest BCUT2D eigenvalue weighted by molar-refractivity contribution is 6.09. The van der Waals surface area contributed by atoms with Gasteiger partial charge in [-0.25, -0.2) is 0 Å². The predicted octanol–water partition coefficient (Wildman–Crippen LogP) is 3.79. The lowest BCUT2D eigenvalue weighted by Gasteiger charge is -2.12. The van der Waals surface area contributed by atoms with Gasteiger partial charge < -0.3 is 9.26 Å². The van der Waals surface area contributed by atoms with Crippen LogP contribution >= 0.6 is 0 Å². The fourth-order valence-corrected chi connectivity index (χ4v) is 2.27. The molecule has 7 heteroatoms. The molecule has 0 spiro atoms. The van der Waals surface area contributed by atoms with Crippen LogP contribution in [0.4, 0.5) is 13.2 Å². The molecule has 1 heterocycles. The lowest BCUT2D eigenvalue weighted by atomic mass is 9.91. The molecule has 0 aliphatic heterocycles. The lowest BCUT2D eigenvalue weighted by molar-refractivity contribution is -0.274. The summed E-state index contributed by atoms with van der Waals surface area (Å²) in [6, 6.07) is 5.84. The van der Waals surface area contributed by atoms with Crippen molar-refractivity contribution in [2.24, 2.45) is 0 Å². The molecule has 1 aliphatic carbocycles. The number of halogens is 3. The van der Waals surface area contributed by atoms with Crippen LogP contribution in [0.15, 0.2) is 28.8 Å². The molecule has 1 saturated carbocycles. The van der Waals surface area contributed by atoms with Gasteiger partial charge >= 0.3 is 6.36 Å². The summed E-state index contributed by atoms with van der Waals surface area (Å²) in [5.41, 5.74) is 1.20. The van der Waals surface area contributed by atoms with Crippen molar-refractivity contribution in [3.05, 3.63) is 35.6 Å². The standard InChI is InChI=1S/C14H11BF3NO2/c15-7-10-12(19-21-13(10)8-5-6-8)9-3-1-2-4-11(9)20-14(16,17)18/h1-4,8H,5-7H2. The Morgan fingerprint density at radius 2 is 2.00 bits per heavy atom. The fraction of sp³-hybridized carbons (Fsp3) is 0.357. The number of hydrogen-bond acceptors (Lipinski definition) is 3. The largest absolute Gasteiger partial charge is 0.573 e. The van der Waals surface area contributed by atoms with E-state index in [2.05, 4.69) is 9.89 Å². The van der Waals surface area contributed by atoms with Crippen molar-refractivity contribution in [2.45, 2.75) is 31.4 Å². The Morgan fingerprint density at radius 3 is 2.62 bits per heavy atom. The van der Waals surface area contributed by atoms with Gasteiger partial charge in [0.1, 0.15) is 17.2 Å². The van der Waals surface area contributed by atoms with E-state index in [-0.39, 0.29) is 23.6 Å². The lowest BCUT2D eigenvalue weighted by Crippen LogP contribution is -2.17. The second-order valence-electron chi connectivity index (χ2n) is 4.90. The molecule has 1 aliphatic rings. The van der Waals surface area contributed by atoms with Gasteiger partial charge in [0.25, 0.3) is 0 Å². The topological polar surface area (TPSA) is 35.3 Å². The quantitative estimate of drug-likeness (QED) is 0.805. The van der Waals surface area contributed by atoms with E-state index in [1.807, 2.05) is 0 Å². The van der Waals surface area contributed by atoms with Crippen molar-refractivity contribution in [2.75, 3.05) is 0 Å². The normalized spacial score (nSPS) is 15.2. The maximum Gasteiger partial charge on any atom is 0.573 e. The Balaban J connectivity index is 2.04. The van der Waals surface area contributed by atoms with E-state index in [4.69, 9.17) is 12.4 Å². The highest BCUT2D eigenvalue weighted by atomic mass is 19.4. The molecule has 3 nitrogen and oxygen atoms in total. The Morgan fingerprint density at radius 1 is 1.29 bits per heavy atom. The number of ether oxygens (including phenoxy) is 1. The summed E-state index contributed by atoms with van der Waals surface area (Å²) in [4.78, 5) is 0. The summed E-state index contributed by atoms with van der Waals surface area (Å²) in [6.07, 6.45) is -2.63. The summed E-state index contributed by atoms with van der Waals surface area (Å²) in [5, 5.41) is 3.91. The average Bonchev–Trinajstić information content (AvgIpc) is 3.17. The van der Waals surface area contributed by atoms with E-state index in [9.17, 15) is 13.2 Å². The number of rotatable bonds is 4. The molecule has 0 atom stereocenters. The van der Waals surface area contributed by atoms with Crippen molar-refractivity contribution in [1.29, 1.82) is 0 Å². The van der Waals surface area contributed by atoms with Gasteiger partial charge in [-0.1, -0.05) is 23.6 Å². The molecule has 1 fully saturated rings. The Bertz CT molecular complexity index is 650. The maximum absolute atomic E-state index is 12.5. The summed E-state index contributed by atoms with van der Waals surface area (Å²) < 4.78 is 46.7. The summed E-state index contributed by atoms with van der Waals surface area (Å²) >= 11 is 0. The first-order valence-electron chi connectivity index (χ1n) is 6.53. The second kappa shape index (κ2) is 5.13. The van der Waals surface area contributed by atoms with Gasteiger partial charge in [0.05, 0.1) is 7.85 Å². The zero-order valence-corrected chi connectivity index (χ0v) is 11.0. The summed E-state index contributed by atoms with van der Waals surface area (Å²) in [7, 11) is 5.71. The zero-order chi connectivity index (χ0) is 15.0. The minimum absolute atomic E-state index is 0.158. The Kier molecular flexibility index (Phi) is 3.43. The third kappa shape index (κ3) is 2.91. The fourth-order valence-electron chi connectivity index (χ4n) is 2.27. The maximum atomic E-state index is 12.5. The van der Waals surface area contributed by atoms with E-state index >= 15 is 0 Å². The third-order valence-corrected chi connectivity index (χ3v) is 3.34. The van der Waals surface area contributed by atoms with Crippen LogP contribution in [0.5, 0.6) is 5.75 Å². The summed E-state index contributed by atoms with van der Waals surface area (Å²) in [5.74, 6) is 0.644. The molecule has 0 bridgehead atoms. The zero-order valence-electron chi connectivity index (χ0n) is 11.0. The van der Waals surface area contributed by atoms with Crippen molar-refractivity contribution >= 4 is 7.85 Å². The van der Waals surface area contributed by atoms with Gasteiger partial charge in [0.15, 0.2) is 0 Å². The van der Waals surface area contributed by atoms with Crippen LogP contribution in [0.3, 0.4) is 0 Å². The van der Waals surface area contributed by atoms with Gasteiger partial charge in [-0.2, -0.15) is 0 Å². The minimum atomic E-state index is -4.76. The molecule has 0 amide bonds. The molecule has 0 unspecified atom stereocenters. The van der Waals surface area contributed by atoms with Crippen molar-refractivity contribution in [3.63, 3.8) is 0 Å². The molecule has 2 radical (unpaired) electrons. The van der Waals surface area contributed by atoms with Crippen LogP contribution in [0.1, 0.15) is 30.1 Å². The van der Waals surface area contributed by atoms with E-state index in [0.717, 1.165) is 12.8 Å². The van der Waals surface area contributed by atoms with Crippen molar-refractivity contribution in [1.82, 2.24) is 5.16 Å². The van der Waals surface area contributed by atoms with Gasteiger partial charge in [0.2, 0.25) is 0 Å². The van der Waals surface area contributed by atoms with E-state index in [0.29, 0.717) is 17.0 Å². The molecule has 1 aromatic carbocycles. The van der Waals surface area contributed by atoms with Crippen molar-refractivity contribution in [3.8, 4) is 17.0 Å². The third-order valence-electron chi connectivity index (χ3n) is 3.34. The monoisotopic (exact) mass is 293 g/mol. The number of nitrogens with zero attached hydrogens (tertiary/aromatic N) is 1. The molecule has 21 heavy (non-hydrogen) atoms. The minimum Gasteiger partial charge on any atom is -0.405 e. The first-order valence-corrected chi connectivity index (χ1v) is 6.53. The summed E-state index contributed by atoms with van der Waals surface area (Å²) in [6.45, 7) is 0. The number of para-hydroxylation sites is 1. The van der Waals surface area contributed by atoms with Gasteiger partial charge in [-0.15, -0.1) is 13.2 Å². The molecule has 1 aromatic heterocycles. The SMILES string of the molecule is [B]Cc1c(-c2ccccc2OC(F)(F)F)noc1C1CC1. The molecule has 3 rings (SSSR count). The van der Waals surface area contributed by atoms with Crippen LogP contribution in [0, 0.1) is 0 Å². The average molecular weight is 293 g/mol. The Hall–Kier alpha value is -1.92. The second-order valence-corrected chi connectivity index (χ2v) is 4.90. The van der Waals surface area contributed by atoms with Gasteiger partial charge in [0, 0.05) is 17.0 Å². The van der Waals surface area contributed by atoms with Crippen LogP contribution in [0.2, 0.25) is 0 Å². The van der Waals surface area contributed by atoms with E-state index in [1.165, 1.54) is 18.2 Å². The molecule has 2 aromatic rings. The van der Waals surface area contributed by atoms with Crippen LogP contribution in [-0.2, 0) is 6.32 Å². The Labute approximate surface area is 120 Å². The van der Waals surface area contributed by atoms with E-state index in [1.54, 1.807) is 6.07 Å². The van der Waals surface area contributed by atoms with Gasteiger partial charge in [-0.05, 0) is 25.0 Å². The smallest absolute Gasteiger partial charge is 0.405 e. The van der Waals surface area contributed by atoms with Crippen molar-refractivity contribution < 1.29 is 22.4 Å². The van der Waals surface area contributed by atoms with Gasteiger partial charge in [-0.3, -0.25) is 0 Å². The van der Waals surface area contributed by atoms with E-state index < -0.39 is 6.36 Å². The molecule has 0 N–H and O–H groups in total. The molecule has 0 saturated heterocycles. The van der Waals surface area contributed by atoms with Crippen LogP contribution < -0.4 is 4.74 Å². The number of hydrogen-bond donors (Lipinski definition) is 0. The molecule has 108 valence electrons.